The molecule has 68 valence electrons. The van der Waals surface area contributed by atoms with Crippen molar-refractivity contribution in [1.29, 1.82) is 0 Å². The van der Waals surface area contributed by atoms with Crippen LogP contribution in [0.4, 0.5) is 5.69 Å². The molecular formula is C10H11NO2. The summed E-state index contributed by atoms with van der Waals surface area (Å²) >= 11 is 0. The highest BCUT2D eigenvalue weighted by molar-refractivity contribution is 5.89. The standard InChI is InChI=1S/C10H11NO2/c1-6-4-8(10(12)13)5-7-2-3-11-9(6)7/h4-5,11H,2-3H2,1H3,(H,12,13). The summed E-state index contributed by atoms with van der Waals surface area (Å²) in [6.45, 7) is 2.85. The van der Waals surface area contributed by atoms with Crippen molar-refractivity contribution in [3.8, 4) is 0 Å². The number of benzene rings is 1. The highest BCUT2D eigenvalue weighted by Gasteiger charge is 2.15. The Morgan fingerprint density at radius 3 is 3.00 bits per heavy atom. The van der Waals surface area contributed by atoms with E-state index in [1.807, 2.05) is 6.92 Å². The number of carboxylic acid groups (broad SMARTS) is 1. The first kappa shape index (κ1) is 8.10. The van der Waals surface area contributed by atoms with E-state index in [0.29, 0.717) is 5.56 Å². The lowest BCUT2D eigenvalue weighted by Crippen LogP contribution is -1.98. The predicted molar refractivity (Wildman–Crippen MR) is 50.3 cm³/mol. The van der Waals surface area contributed by atoms with Gasteiger partial charge in [-0.05, 0) is 36.6 Å². The molecule has 1 aromatic rings. The van der Waals surface area contributed by atoms with Crippen LogP contribution in [0.5, 0.6) is 0 Å². The molecular weight excluding hydrogens is 166 g/mol. The Hall–Kier alpha value is -1.51. The lowest BCUT2D eigenvalue weighted by molar-refractivity contribution is 0.0696. The fraction of sp³-hybridized carbons (Fsp3) is 0.300. The summed E-state index contributed by atoms with van der Waals surface area (Å²) in [5.74, 6) is -0.849. The molecule has 2 N–H and O–H groups in total. The van der Waals surface area contributed by atoms with Crippen LogP contribution in [0.15, 0.2) is 12.1 Å². The Balaban J connectivity index is 2.55. The molecule has 1 aliphatic heterocycles. The Kier molecular flexibility index (Phi) is 1.72. The number of hydrogen-bond acceptors (Lipinski definition) is 2. The number of aromatic carboxylic acids is 1. The van der Waals surface area contributed by atoms with E-state index in [1.54, 1.807) is 12.1 Å². The van der Waals surface area contributed by atoms with Gasteiger partial charge in [0.1, 0.15) is 0 Å². The monoisotopic (exact) mass is 177 g/mol. The van der Waals surface area contributed by atoms with E-state index in [9.17, 15) is 4.79 Å². The maximum absolute atomic E-state index is 10.7. The van der Waals surface area contributed by atoms with Gasteiger partial charge in [0.05, 0.1) is 5.56 Å². The van der Waals surface area contributed by atoms with E-state index >= 15 is 0 Å². The van der Waals surface area contributed by atoms with Crippen molar-refractivity contribution in [2.45, 2.75) is 13.3 Å². The summed E-state index contributed by atoms with van der Waals surface area (Å²) in [5, 5.41) is 12.1. The van der Waals surface area contributed by atoms with Crippen molar-refractivity contribution in [3.05, 3.63) is 28.8 Å². The van der Waals surface area contributed by atoms with Gasteiger partial charge in [0.15, 0.2) is 0 Å². The number of carboxylic acids is 1. The highest BCUT2D eigenvalue weighted by atomic mass is 16.4. The van der Waals surface area contributed by atoms with E-state index in [4.69, 9.17) is 5.11 Å². The largest absolute Gasteiger partial charge is 0.478 e. The second-order valence-corrected chi connectivity index (χ2v) is 3.31. The number of nitrogens with one attached hydrogen (secondary N) is 1. The first-order valence-electron chi connectivity index (χ1n) is 4.29. The molecule has 3 heteroatoms. The number of anilines is 1. The second-order valence-electron chi connectivity index (χ2n) is 3.31. The Morgan fingerprint density at radius 1 is 1.54 bits per heavy atom. The quantitative estimate of drug-likeness (QED) is 0.685. The van der Waals surface area contributed by atoms with Crippen LogP contribution in [0.3, 0.4) is 0 Å². The van der Waals surface area contributed by atoms with Crippen molar-refractivity contribution in [2.24, 2.45) is 0 Å². The minimum Gasteiger partial charge on any atom is -0.478 e. The van der Waals surface area contributed by atoms with E-state index in [1.165, 1.54) is 0 Å². The summed E-state index contributed by atoms with van der Waals surface area (Å²) in [5.41, 5.74) is 3.65. The van der Waals surface area contributed by atoms with Crippen molar-refractivity contribution in [3.63, 3.8) is 0 Å². The molecule has 1 aliphatic rings. The maximum Gasteiger partial charge on any atom is 0.335 e. The first-order valence-corrected chi connectivity index (χ1v) is 4.29. The first-order chi connectivity index (χ1) is 6.18. The molecule has 1 aromatic carbocycles. The molecule has 0 atom stereocenters. The summed E-state index contributed by atoms with van der Waals surface area (Å²) in [6, 6.07) is 3.46. The van der Waals surface area contributed by atoms with Crippen LogP contribution < -0.4 is 5.32 Å². The highest BCUT2D eigenvalue weighted by Crippen LogP contribution is 2.27. The topological polar surface area (TPSA) is 49.3 Å². The van der Waals surface area contributed by atoms with Gasteiger partial charge >= 0.3 is 5.97 Å². The van der Waals surface area contributed by atoms with Gasteiger partial charge in [-0.1, -0.05) is 0 Å². The Morgan fingerprint density at radius 2 is 2.31 bits per heavy atom. The molecule has 0 unspecified atom stereocenters. The summed E-state index contributed by atoms with van der Waals surface area (Å²) < 4.78 is 0. The zero-order chi connectivity index (χ0) is 9.42. The number of aryl methyl sites for hydroxylation is 1. The van der Waals surface area contributed by atoms with Gasteiger partial charge in [0.25, 0.3) is 0 Å². The molecule has 0 saturated carbocycles. The molecule has 0 bridgehead atoms. The Labute approximate surface area is 76.4 Å². The summed E-state index contributed by atoms with van der Waals surface area (Å²) in [7, 11) is 0. The van der Waals surface area contributed by atoms with Crippen LogP contribution in [0.1, 0.15) is 21.5 Å². The smallest absolute Gasteiger partial charge is 0.335 e. The third kappa shape index (κ3) is 1.26. The molecule has 0 spiro atoms. The average molecular weight is 177 g/mol. The fourth-order valence-electron chi connectivity index (χ4n) is 1.76. The van der Waals surface area contributed by atoms with Crippen molar-refractivity contribution in [1.82, 2.24) is 0 Å². The summed E-state index contributed by atoms with van der Waals surface area (Å²) in [6.07, 6.45) is 0.928. The number of carbonyl (C=O) groups is 1. The normalized spacial score (nSPS) is 13.6. The van der Waals surface area contributed by atoms with Gasteiger partial charge in [-0.15, -0.1) is 0 Å². The molecule has 3 nitrogen and oxygen atoms in total. The molecule has 0 saturated heterocycles. The van der Waals surface area contributed by atoms with Gasteiger partial charge < -0.3 is 10.4 Å². The van der Waals surface area contributed by atoms with Crippen molar-refractivity contribution < 1.29 is 9.90 Å². The second kappa shape index (κ2) is 2.76. The van der Waals surface area contributed by atoms with E-state index in [0.717, 1.165) is 29.8 Å². The average Bonchev–Trinajstić information content (AvgIpc) is 2.51. The van der Waals surface area contributed by atoms with Gasteiger partial charge in [-0.25, -0.2) is 4.79 Å². The molecule has 0 amide bonds. The lowest BCUT2D eigenvalue weighted by Gasteiger charge is -2.05. The van der Waals surface area contributed by atoms with Gasteiger partial charge in [0.2, 0.25) is 0 Å². The fourth-order valence-corrected chi connectivity index (χ4v) is 1.76. The maximum atomic E-state index is 10.7. The number of rotatable bonds is 1. The van der Waals surface area contributed by atoms with E-state index in [2.05, 4.69) is 5.32 Å². The van der Waals surface area contributed by atoms with E-state index in [-0.39, 0.29) is 0 Å². The molecule has 0 aromatic heterocycles. The van der Waals surface area contributed by atoms with Crippen LogP contribution in [0, 0.1) is 6.92 Å². The lowest BCUT2D eigenvalue weighted by atomic mass is 10.0. The van der Waals surface area contributed by atoms with Gasteiger partial charge in [0, 0.05) is 12.2 Å². The summed E-state index contributed by atoms with van der Waals surface area (Å²) in [4.78, 5) is 10.7. The van der Waals surface area contributed by atoms with Crippen molar-refractivity contribution >= 4 is 11.7 Å². The van der Waals surface area contributed by atoms with Gasteiger partial charge in [-0.3, -0.25) is 0 Å². The minimum absolute atomic E-state index is 0.389. The third-order valence-electron chi connectivity index (χ3n) is 2.36. The molecule has 2 rings (SSSR count). The SMILES string of the molecule is Cc1cc(C(=O)O)cc2c1NCC2. The number of fused-ring (bicyclic) bond motifs is 1. The molecule has 1 heterocycles. The van der Waals surface area contributed by atoms with Crippen LogP contribution in [0.25, 0.3) is 0 Å². The predicted octanol–water partition coefficient (Wildman–Crippen LogP) is 1.66. The van der Waals surface area contributed by atoms with Gasteiger partial charge in [-0.2, -0.15) is 0 Å². The Bertz CT molecular complexity index is 371. The van der Waals surface area contributed by atoms with Crippen LogP contribution in [-0.4, -0.2) is 17.6 Å². The van der Waals surface area contributed by atoms with E-state index < -0.39 is 5.97 Å². The van der Waals surface area contributed by atoms with Crippen LogP contribution in [0.2, 0.25) is 0 Å². The molecule has 0 radical (unpaired) electrons. The molecule has 0 aliphatic carbocycles. The third-order valence-corrected chi connectivity index (χ3v) is 2.36. The molecule has 13 heavy (non-hydrogen) atoms. The van der Waals surface area contributed by atoms with Crippen LogP contribution in [-0.2, 0) is 6.42 Å². The van der Waals surface area contributed by atoms with Crippen molar-refractivity contribution in [2.75, 3.05) is 11.9 Å². The minimum atomic E-state index is -0.849. The zero-order valence-corrected chi connectivity index (χ0v) is 7.42. The van der Waals surface area contributed by atoms with Crippen LogP contribution >= 0.6 is 0 Å². The zero-order valence-electron chi connectivity index (χ0n) is 7.42. The molecule has 0 fully saturated rings. The number of hydrogen-bond donors (Lipinski definition) is 2.